The predicted molar refractivity (Wildman–Crippen MR) is 149 cm³/mol. The highest BCUT2D eigenvalue weighted by Crippen LogP contribution is 2.28. The van der Waals surface area contributed by atoms with Crippen LogP contribution >= 0.6 is 23.2 Å². The standard InChI is InChI=1S/C27H34Cl2FN3O4S/c1-19(27(35)31-20-10-4-3-5-11-20)32(18-21-22(28)12-8-13-23(21)29)26(34)16-9-17-33(38(2,36)37)25-15-7-6-14-24(25)30/h6-8,12-15,19-20H,3-5,9-11,16-18H2,1-2H3,(H,31,35). The van der Waals surface area contributed by atoms with Crippen molar-refractivity contribution in [2.75, 3.05) is 17.1 Å². The van der Waals surface area contributed by atoms with Crippen molar-refractivity contribution in [2.45, 2.75) is 70.5 Å². The van der Waals surface area contributed by atoms with E-state index in [1.807, 2.05) is 0 Å². The van der Waals surface area contributed by atoms with E-state index >= 15 is 0 Å². The fourth-order valence-electron chi connectivity index (χ4n) is 4.64. The minimum absolute atomic E-state index is 0.0136. The number of sulfonamides is 1. The van der Waals surface area contributed by atoms with Crippen LogP contribution < -0.4 is 9.62 Å². The smallest absolute Gasteiger partial charge is 0.242 e. The lowest BCUT2D eigenvalue weighted by Crippen LogP contribution is -2.50. The summed E-state index contributed by atoms with van der Waals surface area (Å²) in [4.78, 5) is 28.0. The van der Waals surface area contributed by atoms with Gasteiger partial charge in [-0.25, -0.2) is 12.8 Å². The normalized spacial score (nSPS) is 15.1. The van der Waals surface area contributed by atoms with Crippen LogP contribution in [-0.4, -0.2) is 50.0 Å². The first-order chi connectivity index (χ1) is 18.0. The van der Waals surface area contributed by atoms with Crippen molar-refractivity contribution in [3.8, 4) is 0 Å². The second-order valence-electron chi connectivity index (χ2n) is 9.63. The maximum atomic E-state index is 14.3. The molecule has 0 aromatic heterocycles. The fraction of sp³-hybridized carbons (Fsp3) is 0.481. The molecule has 0 spiro atoms. The number of rotatable bonds is 11. The Hall–Kier alpha value is -2.36. The van der Waals surface area contributed by atoms with Gasteiger partial charge in [0.25, 0.3) is 0 Å². The van der Waals surface area contributed by atoms with Gasteiger partial charge >= 0.3 is 0 Å². The van der Waals surface area contributed by atoms with Gasteiger partial charge in [0, 0.05) is 41.2 Å². The molecule has 0 bridgehead atoms. The average molecular weight is 587 g/mol. The number of anilines is 1. The molecule has 2 amide bonds. The third-order valence-corrected chi connectivity index (χ3v) is 8.67. The van der Waals surface area contributed by atoms with Gasteiger partial charge in [0.1, 0.15) is 11.9 Å². The summed E-state index contributed by atoms with van der Waals surface area (Å²) in [6, 6.07) is 9.86. The molecule has 7 nitrogen and oxygen atoms in total. The van der Waals surface area contributed by atoms with E-state index in [2.05, 4.69) is 5.32 Å². The van der Waals surface area contributed by atoms with Crippen LogP contribution in [0.1, 0.15) is 57.4 Å². The van der Waals surface area contributed by atoms with Crippen molar-refractivity contribution < 1.29 is 22.4 Å². The van der Waals surface area contributed by atoms with Gasteiger partial charge in [0.2, 0.25) is 21.8 Å². The number of benzene rings is 2. The zero-order valence-electron chi connectivity index (χ0n) is 21.6. The zero-order chi connectivity index (χ0) is 27.9. The van der Waals surface area contributed by atoms with Gasteiger partial charge in [-0.15, -0.1) is 0 Å². The zero-order valence-corrected chi connectivity index (χ0v) is 24.0. The van der Waals surface area contributed by atoms with Crippen LogP contribution in [0.3, 0.4) is 0 Å². The molecule has 38 heavy (non-hydrogen) atoms. The highest BCUT2D eigenvalue weighted by atomic mass is 35.5. The summed E-state index contributed by atoms with van der Waals surface area (Å²) < 4.78 is 40.0. The number of hydrogen-bond donors (Lipinski definition) is 1. The molecule has 0 saturated heterocycles. The van der Waals surface area contributed by atoms with Gasteiger partial charge in [-0.05, 0) is 50.5 Å². The first-order valence-electron chi connectivity index (χ1n) is 12.7. The first-order valence-corrected chi connectivity index (χ1v) is 15.3. The molecule has 1 aliphatic rings. The molecule has 1 atom stereocenters. The average Bonchev–Trinajstić information content (AvgIpc) is 2.86. The molecule has 0 aliphatic heterocycles. The molecule has 2 aromatic carbocycles. The van der Waals surface area contributed by atoms with Crippen molar-refractivity contribution in [2.24, 2.45) is 0 Å². The predicted octanol–water partition coefficient (Wildman–Crippen LogP) is 5.54. The number of carbonyl (C=O) groups excluding carboxylic acids is 2. The molecule has 0 radical (unpaired) electrons. The highest BCUT2D eigenvalue weighted by Gasteiger charge is 2.29. The minimum Gasteiger partial charge on any atom is -0.352 e. The Bertz CT molecular complexity index is 1220. The molecule has 208 valence electrons. The Morgan fingerprint density at radius 3 is 2.29 bits per heavy atom. The Kier molecular flexibility index (Phi) is 10.8. The molecular formula is C27H34Cl2FN3O4S. The van der Waals surface area contributed by atoms with Crippen LogP contribution in [0.15, 0.2) is 42.5 Å². The van der Waals surface area contributed by atoms with E-state index in [1.165, 1.54) is 23.1 Å². The summed E-state index contributed by atoms with van der Waals surface area (Å²) in [6.45, 7) is 1.57. The molecule has 1 aliphatic carbocycles. The van der Waals surface area contributed by atoms with Crippen LogP contribution in [0.5, 0.6) is 0 Å². The SMILES string of the molecule is CC(C(=O)NC1CCCCC1)N(Cc1c(Cl)cccc1Cl)C(=O)CCCN(c1ccccc1F)S(C)(=O)=O. The maximum absolute atomic E-state index is 14.3. The van der Waals surface area contributed by atoms with E-state index in [0.29, 0.717) is 15.6 Å². The van der Waals surface area contributed by atoms with Crippen molar-refractivity contribution in [3.63, 3.8) is 0 Å². The molecule has 1 unspecified atom stereocenters. The second kappa shape index (κ2) is 13.6. The summed E-state index contributed by atoms with van der Waals surface area (Å²) in [5.74, 6) is -1.31. The molecule has 3 rings (SSSR count). The van der Waals surface area contributed by atoms with Crippen LogP contribution in [0.4, 0.5) is 10.1 Å². The monoisotopic (exact) mass is 585 g/mol. The molecule has 0 heterocycles. The summed E-state index contributed by atoms with van der Waals surface area (Å²) >= 11 is 12.7. The Morgan fingerprint density at radius 1 is 1.05 bits per heavy atom. The third-order valence-electron chi connectivity index (χ3n) is 6.78. The van der Waals surface area contributed by atoms with E-state index in [0.717, 1.165) is 42.7 Å². The second-order valence-corrected chi connectivity index (χ2v) is 12.4. The van der Waals surface area contributed by atoms with E-state index < -0.39 is 21.9 Å². The number of hydrogen-bond acceptors (Lipinski definition) is 4. The highest BCUT2D eigenvalue weighted by molar-refractivity contribution is 7.92. The Morgan fingerprint density at radius 2 is 1.68 bits per heavy atom. The number of nitrogens with zero attached hydrogens (tertiary/aromatic N) is 2. The van der Waals surface area contributed by atoms with E-state index in [1.54, 1.807) is 31.2 Å². The minimum atomic E-state index is -3.80. The van der Waals surface area contributed by atoms with Crippen molar-refractivity contribution in [1.29, 1.82) is 0 Å². The van der Waals surface area contributed by atoms with Gasteiger partial charge < -0.3 is 10.2 Å². The topological polar surface area (TPSA) is 86.8 Å². The lowest BCUT2D eigenvalue weighted by molar-refractivity contribution is -0.141. The van der Waals surface area contributed by atoms with E-state index in [9.17, 15) is 22.4 Å². The van der Waals surface area contributed by atoms with Crippen LogP contribution in [0.2, 0.25) is 10.0 Å². The van der Waals surface area contributed by atoms with Gasteiger partial charge in [-0.2, -0.15) is 0 Å². The number of halogens is 3. The van der Waals surface area contributed by atoms with E-state index in [4.69, 9.17) is 23.2 Å². The molecule has 11 heteroatoms. The molecule has 1 N–H and O–H groups in total. The van der Waals surface area contributed by atoms with Crippen molar-refractivity contribution in [3.05, 3.63) is 63.9 Å². The summed E-state index contributed by atoms with van der Waals surface area (Å²) in [5, 5.41) is 3.81. The largest absolute Gasteiger partial charge is 0.352 e. The van der Waals surface area contributed by atoms with E-state index in [-0.39, 0.29) is 49.5 Å². The maximum Gasteiger partial charge on any atom is 0.242 e. The summed E-state index contributed by atoms with van der Waals surface area (Å²) in [6.07, 6.45) is 6.10. The lowest BCUT2D eigenvalue weighted by Gasteiger charge is -2.32. The van der Waals surface area contributed by atoms with Gasteiger partial charge in [0.15, 0.2) is 0 Å². The van der Waals surface area contributed by atoms with Crippen LogP contribution in [0.25, 0.3) is 0 Å². The molecule has 1 saturated carbocycles. The number of para-hydroxylation sites is 1. The third kappa shape index (κ3) is 8.07. The molecular weight excluding hydrogens is 552 g/mol. The molecule has 1 fully saturated rings. The number of amides is 2. The number of carbonyl (C=O) groups is 2. The van der Waals surface area contributed by atoms with Gasteiger partial charge in [0.05, 0.1) is 11.9 Å². The van der Waals surface area contributed by atoms with Crippen molar-refractivity contribution in [1.82, 2.24) is 10.2 Å². The van der Waals surface area contributed by atoms with Gasteiger partial charge in [-0.1, -0.05) is 60.7 Å². The molecule has 2 aromatic rings. The van der Waals surface area contributed by atoms with Crippen LogP contribution in [0, 0.1) is 5.82 Å². The van der Waals surface area contributed by atoms with Crippen LogP contribution in [-0.2, 0) is 26.2 Å². The lowest BCUT2D eigenvalue weighted by atomic mass is 9.95. The Balaban J connectivity index is 1.76. The number of nitrogens with one attached hydrogen (secondary N) is 1. The Labute approximate surface area is 234 Å². The summed E-state index contributed by atoms with van der Waals surface area (Å²) in [5.41, 5.74) is 0.438. The van der Waals surface area contributed by atoms with Crippen molar-refractivity contribution >= 4 is 50.7 Å². The first kappa shape index (κ1) is 30.2. The quantitative estimate of drug-likeness (QED) is 0.375. The van der Waals surface area contributed by atoms with Gasteiger partial charge in [-0.3, -0.25) is 13.9 Å². The summed E-state index contributed by atoms with van der Waals surface area (Å²) in [7, 11) is -3.80. The fourth-order valence-corrected chi connectivity index (χ4v) is 6.12.